The third-order valence-electron chi connectivity index (χ3n) is 5.81. The molecule has 214 valence electrons. The molecule has 1 aliphatic heterocycles. The van der Waals surface area contributed by atoms with Crippen molar-refractivity contribution in [3.8, 4) is 29.1 Å². The largest absolute Gasteiger partial charge is 0.489 e. The van der Waals surface area contributed by atoms with Gasteiger partial charge in [0.15, 0.2) is 0 Å². The topological polar surface area (TPSA) is 148 Å². The van der Waals surface area contributed by atoms with Gasteiger partial charge in [0.25, 0.3) is 11.8 Å². The van der Waals surface area contributed by atoms with Crippen LogP contribution in [0, 0.1) is 23.1 Å². The van der Waals surface area contributed by atoms with Gasteiger partial charge in [0.2, 0.25) is 0 Å². The standard InChI is InChI=1S/C28H27FN3O8P/c1-28(2,17-39-41(35,36)37)12-10-18-4-9-25-24(14-18)32(3)27(34)23(16-38-25)31-26(33)22-15-21(11-13-30-22)40-20-7-5-19(29)6-8-20/h4-9,11,13-15,23H,16-17H2,1-3H3,(H,31,33)(H2,35,36,37)/t23-/m0/s1. The lowest BCUT2D eigenvalue weighted by molar-refractivity contribution is -0.120. The number of phosphoric ester groups is 1. The van der Waals surface area contributed by atoms with Gasteiger partial charge in [-0.2, -0.15) is 0 Å². The SMILES string of the molecule is CN1C(=O)[C@@H](NC(=O)c2cc(Oc3ccc(F)cc3)ccn2)COc2ccc(C#CC(C)(C)COP(=O)(O)O)cc21. The first-order valence-corrected chi connectivity index (χ1v) is 13.8. The number of phosphoric acid groups is 1. The molecular formula is C28H27FN3O8P. The number of amides is 2. The van der Waals surface area contributed by atoms with Crippen LogP contribution < -0.4 is 19.7 Å². The molecule has 0 fully saturated rings. The van der Waals surface area contributed by atoms with Crippen molar-refractivity contribution in [3.05, 3.63) is 77.9 Å². The summed E-state index contributed by atoms with van der Waals surface area (Å²) >= 11 is 0. The number of ether oxygens (including phenoxy) is 2. The predicted octanol–water partition coefficient (Wildman–Crippen LogP) is 3.65. The molecule has 41 heavy (non-hydrogen) atoms. The van der Waals surface area contributed by atoms with Crippen LogP contribution in [0.5, 0.6) is 17.2 Å². The number of rotatable bonds is 7. The molecule has 0 unspecified atom stereocenters. The van der Waals surface area contributed by atoms with Gasteiger partial charge in [0.05, 0.1) is 17.7 Å². The van der Waals surface area contributed by atoms with E-state index in [0.717, 1.165) is 0 Å². The Morgan fingerprint density at radius 2 is 1.93 bits per heavy atom. The van der Waals surface area contributed by atoms with Crippen molar-refractivity contribution >= 4 is 25.3 Å². The number of carbonyl (C=O) groups excluding carboxylic acids is 2. The molecule has 0 spiro atoms. The Morgan fingerprint density at radius 3 is 2.63 bits per heavy atom. The van der Waals surface area contributed by atoms with E-state index in [0.29, 0.717) is 28.5 Å². The second kappa shape index (κ2) is 12.1. The van der Waals surface area contributed by atoms with E-state index in [1.54, 1.807) is 39.1 Å². The summed E-state index contributed by atoms with van der Waals surface area (Å²) < 4.78 is 40.2. The zero-order chi connectivity index (χ0) is 29.8. The molecular weight excluding hydrogens is 556 g/mol. The summed E-state index contributed by atoms with van der Waals surface area (Å²) in [5.74, 6) is 5.46. The summed E-state index contributed by atoms with van der Waals surface area (Å²) in [5.41, 5.74) is 0.0953. The third kappa shape index (κ3) is 8.13. The van der Waals surface area contributed by atoms with Crippen LogP contribution in [0.15, 0.2) is 60.8 Å². The lowest BCUT2D eigenvalue weighted by Gasteiger charge is -2.20. The predicted molar refractivity (Wildman–Crippen MR) is 146 cm³/mol. The number of hydrogen-bond acceptors (Lipinski definition) is 7. The Morgan fingerprint density at radius 1 is 1.20 bits per heavy atom. The van der Waals surface area contributed by atoms with Crippen LogP contribution in [0.25, 0.3) is 0 Å². The van der Waals surface area contributed by atoms with Crippen LogP contribution in [-0.4, -0.2) is 52.9 Å². The lowest BCUT2D eigenvalue weighted by Crippen LogP contribution is -2.49. The third-order valence-corrected chi connectivity index (χ3v) is 6.28. The fourth-order valence-corrected chi connectivity index (χ4v) is 4.16. The van der Waals surface area contributed by atoms with E-state index >= 15 is 0 Å². The Hall–Kier alpha value is -4.27. The van der Waals surface area contributed by atoms with E-state index in [1.807, 2.05) is 0 Å². The summed E-state index contributed by atoms with van der Waals surface area (Å²) in [6, 6.07) is 12.3. The minimum absolute atomic E-state index is 0.00438. The number of nitrogens with one attached hydrogen (secondary N) is 1. The van der Waals surface area contributed by atoms with E-state index < -0.39 is 36.9 Å². The molecule has 13 heteroatoms. The smallest absolute Gasteiger partial charge is 0.469 e. The van der Waals surface area contributed by atoms with Crippen molar-refractivity contribution in [2.45, 2.75) is 19.9 Å². The maximum atomic E-state index is 13.2. The quantitative estimate of drug-likeness (QED) is 0.280. The van der Waals surface area contributed by atoms with Gasteiger partial charge in [-0.25, -0.2) is 8.96 Å². The molecule has 2 amide bonds. The van der Waals surface area contributed by atoms with Gasteiger partial charge in [-0.05, 0) is 62.4 Å². The average Bonchev–Trinajstić information content (AvgIpc) is 3.04. The van der Waals surface area contributed by atoms with Gasteiger partial charge in [0, 0.05) is 24.9 Å². The second-order valence-electron chi connectivity index (χ2n) is 9.75. The highest BCUT2D eigenvalue weighted by Gasteiger charge is 2.31. The molecule has 3 N–H and O–H groups in total. The molecule has 4 rings (SSSR count). The normalized spacial score (nSPS) is 15.1. The fourth-order valence-electron chi connectivity index (χ4n) is 3.67. The highest BCUT2D eigenvalue weighted by atomic mass is 31.2. The molecule has 0 saturated carbocycles. The van der Waals surface area contributed by atoms with Gasteiger partial charge < -0.3 is 29.5 Å². The van der Waals surface area contributed by atoms with Crippen LogP contribution in [0.3, 0.4) is 0 Å². The number of hydrogen-bond donors (Lipinski definition) is 3. The van der Waals surface area contributed by atoms with E-state index in [-0.39, 0.29) is 18.9 Å². The van der Waals surface area contributed by atoms with E-state index in [2.05, 4.69) is 26.7 Å². The van der Waals surface area contributed by atoms with E-state index in [4.69, 9.17) is 19.3 Å². The van der Waals surface area contributed by atoms with Crippen LogP contribution >= 0.6 is 7.82 Å². The number of likely N-dealkylation sites (N-methyl/N-ethyl adjacent to an activating group) is 1. The number of pyridine rings is 1. The minimum atomic E-state index is -4.63. The van der Waals surface area contributed by atoms with Crippen LogP contribution in [0.4, 0.5) is 10.1 Å². The minimum Gasteiger partial charge on any atom is -0.489 e. The summed E-state index contributed by atoms with van der Waals surface area (Å²) in [6.07, 6.45) is 1.38. The van der Waals surface area contributed by atoms with Crippen molar-refractivity contribution in [1.82, 2.24) is 10.3 Å². The first-order chi connectivity index (χ1) is 19.3. The fraction of sp³-hybridized carbons (Fsp3) is 0.250. The molecule has 3 aromatic rings. The first kappa shape index (κ1) is 29.7. The van der Waals surface area contributed by atoms with Gasteiger partial charge >= 0.3 is 7.82 Å². The number of aromatic nitrogens is 1. The molecule has 0 aliphatic carbocycles. The number of fused-ring (bicyclic) bond motifs is 1. The van der Waals surface area contributed by atoms with E-state index in [9.17, 15) is 18.5 Å². The van der Waals surface area contributed by atoms with Gasteiger partial charge in [-0.15, -0.1) is 0 Å². The Kier molecular flexibility index (Phi) is 8.75. The van der Waals surface area contributed by atoms with Crippen molar-refractivity contribution in [3.63, 3.8) is 0 Å². The van der Waals surface area contributed by atoms with Gasteiger partial charge in [-0.3, -0.25) is 19.1 Å². The summed E-state index contributed by atoms with van der Waals surface area (Å²) in [6.45, 7) is 2.93. The first-order valence-electron chi connectivity index (χ1n) is 12.3. The highest BCUT2D eigenvalue weighted by molar-refractivity contribution is 7.46. The molecule has 1 atom stereocenters. The zero-order valence-corrected chi connectivity index (χ0v) is 23.2. The Labute approximate surface area is 235 Å². The molecule has 0 saturated heterocycles. The highest BCUT2D eigenvalue weighted by Crippen LogP contribution is 2.38. The maximum absolute atomic E-state index is 13.2. The maximum Gasteiger partial charge on any atom is 0.469 e. The molecule has 2 aromatic carbocycles. The van der Waals surface area contributed by atoms with Crippen LogP contribution in [0.1, 0.15) is 29.9 Å². The van der Waals surface area contributed by atoms with Crippen molar-refractivity contribution in [2.75, 3.05) is 25.2 Å². The lowest BCUT2D eigenvalue weighted by atomic mass is 9.95. The summed E-state index contributed by atoms with van der Waals surface area (Å²) in [4.78, 5) is 49.5. The van der Waals surface area contributed by atoms with Crippen LogP contribution in [-0.2, 0) is 13.9 Å². The Bertz CT molecular complexity index is 1560. The number of carbonyl (C=O) groups is 2. The molecule has 1 aromatic heterocycles. The number of halogens is 1. The summed E-state index contributed by atoms with van der Waals surface area (Å²) in [5, 5.41) is 2.65. The molecule has 0 bridgehead atoms. The average molecular weight is 584 g/mol. The Balaban J connectivity index is 1.45. The molecule has 0 radical (unpaired) electrons. The molecule has 2 heterocycles. The number of benzene rings is 2. The summed E-state index contributed by atoms with van der Waals surface area (Å²) in [7, 11) is -3.09. The number of nitrogens with zero attached hydrogens (tertiary/aromatic N) is 2. The zero-order valence-electron chi connectivity index (χ0n) is 22.3. The monoisotopic (exact) mass is 583 g/mol. The van der Waals surface area contributed by atoms with Crippen molar-refractivity contribution < 1.29 is 42.3 Å². The van der Waals surface area contributed by atoms with Crippen LogP contribution in [0.2, 0.25) is 0 Å². The van der Waals surface area contributed by atoms with Gasteiger partial charge in [-0.1, -0.05) is 11.8 Å². The van der Waals surface area contributed by atoms with E-state index in [1.165, 1.54) is 47.5 Å². The molecule has 11 nitrogen and oxygen atoms in total. The van der Waals surface area contributed by atoms with Gasteiger partial charge in [0.1, 0.15) is 41.4 Å². The molecule has 1 aliphatic rings. The number of anilines is 1. The van der Waals surface area contributed by atoms with Crippen molar-refractivity contribution in [2.24, 2.45) is 5.41 Å². The second-order valence-corrected chi connectivity index (χ2v) is 11.0. The van der Waals surface area contributed by atoms with Crippen molar-refractivity contribution in [1.29, 1.82) is 0 Å².